The third-order valence-electron chi connectivity index (χ3n) is 12.2. The lowest BCUT2D eigenvalue weighted by atomic mass is 9.46. The van der Waals surface area contributed by atoms with Crippen LogP contribution >= 0.6 is 0 Å². The Morgan fingerprint density at radius 2 is 1.80 bits per heavy atom. The third-order valence-corrected chi connectivity index (χ3v) is 12.2. The van der Waals surface area contributed by atoms with Gasteiger partial charge in [-0.2, -0.15) is 0 Å². The van der Waals surface area contributed by atoms with E-state index in [2.05, 4.69) is 33.8 Å². The van der Waals surface area contributed by atoms with Crippen LogP contribution in [-0.2, 0) is 14.3 Å². The van der Waals surface area contributed by atoms with E-state index in [-0.39, 0.29) is 29.8 Å². The maximum Gasteiger partial charge on any atom is 0.186 e. The number of ether oxygens (including phenoxy) is 2. The van der Waals surface area contributed by atoms with E-state index in [0.717, 1.165) is 44.9 Å². The molecule has 1 heterocycles. The summed E-state index contributed by atoms with van der Waals surface area (Å²) in [5.74, 6) is 0.561. The van der Waals surface area contributed by atoms with Crippen molar-refractivity contribution in [2.24, 2.45) is 40.4 Å². The van der Waals surface area contributed by atoms with Crippen LogP contribution in [0.15, 0.2) is 11.6 Å². The average Bonchev–Trinajstić information content (AvgIpc) is 3.14. The van der Waals surface area contributed by atoms with Crippen LogP contribution in [0.5, 0.6) is 0 Å². The predicted molar refractivity (Wildman–Crippen MR) is 149 cm³/mol. The first-order valence-corrected chi connectivity index (χ1v) is 15.7. The van der Waals surface area contributed by atoms with E-state index in [0.29, 0.717) is 30.6 Å². The Balaban J connectivity index is 1.48. The van der Waals surface area contributed by atoms with E-state index in [9.17, 15) is 30.3 Å². The van der Waals surface area contributed by atoms with Crippen molar-refractivity contribution in [3.05, 3.63) is 11.6 Å². The Morgan fingerprint density at radius 1 is 1.07 bits per heavy atom. The standard InChI is InChI=1S/C32H52O8/c1-17(2)6-9-24(34)18(3)32(38)26(40-29-28(37)27(36)25(35)16-39-29)15-23-21-8-7-19-14-20(33)10-12-30(19,4)22(21)11-13-31(23,32)5/h7,17-18,20-23,25-29,33,35-38H,6,8-16H2,1-5H3/t18-,20+,21-,22+,23+,25+,26+,27+,28-,29+,30+,31+,32-/m1/s1. The maximum absolute atomic E-state index is 13.6. The molecule has 4 aliphatic carbocycles. The molecule has 0 unspecified atom stereocenters. The number of fused-ring (bicyclic) bond motifs is 5. The molecule has 0 aromatic rings. The summed E-state index contributed by atoms with van der Waals surface area (Å²) in [6, 6.07) is 0. The monoisotopic (exact) mass is 564 g/mol. The first-order valence-electron chi connectivity index (χ1n) is 15.7. The zero-order valence-corrected chi connectivity index (χ0v) is 25.0. The van der Waals surface area contributed by atoms with Gasteiger partial charge in [-0.05, 0) is 80.5 Å². The van der Waals surface area contributed by atoms with Gasteiger partial charge in [-0.15, -0.1) is 0 Å². The molecule has 0 bridgehead atoms. The number of Topliss-reactive ketones (excluding diaryl/α,β-unsaturated/α-hetero) is 1. The van der Waals surface area contributed by atoms with E-state index in [1.54, 1.807) is 0 Å². The van der Waals surface area contributed by atoms with Crippen LogP contribution in [0, 0.1) is 40.4 Å². The lowest BCUT2D eigenvalue weighted by Crippen LogP contribution is -2.62. The summed E-state index contributed by atoms with van der Waals surface area (Å²) in [4.78, 5) is 13.6. The second-order valence-corrected chi connectivity index (χ2v) is 14.7. The van der Waals surface area contributed by atoms with Gasteiger partial charge in [-0.3, -0.25) is 4.79 Å². The highest BCUT2D eigenvalue weighted by Crippen LogP contribution is 2.69. The minimum absolute atomic E-state index is 0.0217. The highest BCUT2D eigenvalue weighted by molar-refractivity contribution is 5.82. The molecule has 5 aliphatic rings. The molecule has 13 atom stereocenters. The van der Waals surface area contributed by atoms with Crippen LogP contribution in [0.25, 0.3) is 0 Å². The number of hydrogen-bond donors (Lipinski definition) is 5. The number of hydrogen-bond acceptors (Lipinski definition) is 8. The van der Waals surface area contributed by atoms with Gasteiger partial charge in [0.15, 0.2) is 6.29 Å². The molecule has 0 aromatic carbocycles. The Morgan fingerprint density at radius 3 is 2.50 bits per heavy atom. The Kier molecular flexibility index (Phi) is 8.41. The molecule has 8 nitrogen and oxygen atoms in total. The maximum atomic E-state index is 13.6. The SMILES string of the molecule is CC(C)CCC(=O)[C@@H](C)[C@@]1(O)[C@@H](O[C@@H]2OC[C@H](O)[C@H](O)[C@H]2O)C[C@H]2[C@@H]3CC=C4C[C@@H](O)CC[C@]4(C)[C@H]3CC[C@@]21C. The molecule has 1 aliphatic heterocycles. The normalized spacial score (nSPS) is 49.6. The molecule has 0 radical (unpaired) electrons. The van der Waals surface area contributed by atoms with E-state index in [1.165, 1.54) is 5.57 Å². The summed E-state index contributed by atoms with van der Waals surface area (Å²) in [7, 11) is 0. The molecule has 0 amide bonds. The molecule has 4 fully saturated rings. The first kappa shape index (κ1) is 30.6. The van der Waals surface area contributed by atoms with E-state index in [1.807, 2.05) is 6.92 Å². The van der Waals surface area contributed by atoms with Crippen molar-refractivity contribution in [3.8, 4) is 0 Å². The topological polar surface area (TPSA) is 137 Å². The number of aliphatic hydroxyl groups is 5. The number of carbonyl (C=O) groups excluding carboxylic acids is 1. The zero-order valence-electron chi connectivity index (χ0n) is 25.0. The zero-order chi connectivity index (χ0) is 29.2. The van der Waals surface area contributed by atoms with Crippen molar-refractivity contribution >= 4 is 5.78 Å². The second kappa shape index (κ2) is 11.0. The van der Waals surface area contributed by atoms with Gasteiger partial charge in [-0.25, -0.2) is 0 Å². The lowest BCUT2D eigenvalue weighted by molar-refractivity contribution is -0.303. The number of allylic oxidation sites excluding steroid dienone is 1. The smallest absolute Gasteiger partial charge is 0.186 e. The van der Waals surface area contributed by atoms with Gasteiger partial charge in [0, 0.05) is 17.8 Å². The average molecular weight is 565 g/mol. The first-order chi connectivity index (χ1) is 18.7. The van der Waals surface area contributed by atoms with Gasteiger partial charge >= 0.3 is 0 Å². The lowest BCUT2D eigenvalue weighted by Gasteiger charge is -2.59. The molecule has 8 heteroatoms. The quantitative estimate of drug-likeness (QED) is 0.298. The molecule has 1 saturated heterocycles. The number of ketones is 1. The molecular formula is C32H52O8. The Hall–Kier alpha value is -0.870. The second-order valence-electron chi connectivity index (χ2n) is 14.7. The summed E-state index contributed by atoms with van der Waals surface area (Å²) >= 11 is 0. The molecule has 0 aromatic heterocycles. The minimum atomic E-state index is -1.48. The van der Waals surface area contributed by atoms with Crippen molar-refractivity contribution in [2.45, 2.75) is 135 Å². The molecular weight excluding hydrogens is 512 g/mol. The van der Waals surface area contributed by atoms with Crippen LogP contribution in [0.3, 0.4) is 0 Å². The molecule has 0 spiro atoms. The van der Waals surface area contributed by atoms with Gasteiger partial charge in [0.05, 0.1) is 18.8 Å². The minimum Gasteiger partial charge on any atom is -0.393 e. The van der Waals surface area contributed by atoms with E-state index in [4.69, 9.17) is 9.47 Å². The highest BCUT2D eigenvalue weighted by atomic mass is 16.7. The number of aliphatic hydroxyl groups excluding tert-OH is 4. The number of carbonyl (C=O) groups is 1. The molecule has 228 valence electrons. The van der Waals surface area contributed by atoms with E-state index >= 15 is 0 Å². The molecule has 5 rings (SSSR count). The van der Waals surface area contributed by atoms with Crippen LogP contribution in [-0.4, -0.2) is 80.3 Å². The van der Waals surface area contributed by atoms with Gasteiger partial charge in [0.2, 0.25) is 0 Å². The van der Waals surface area contributed by atoms with Crippen LogP contribution in [0.2, 0.25) is 0 Å². The van der Waals surface area contributed by atoms with Gasteiger partial charge in [-0.1, -0.05) is 46.3 Å². The van der Waals surface area contributed by atoms with Crippen molar-refractivity contribution in [3.63, 3.8) is 0 Å². The summed E-state index contributed by atoms with van der Waals surface area (Å²) in [6.45, 7) is 10.3. The largest absolute Gasteiger partial charge is 0.393 e. The predicted octanol–water partition coefficient (Wildman–Crippen LogP) is 3.12. The van der Waals surface area contributed by atoms with E-state index < -0.39 is 47.6 Å². The van der Waals surface area contributed by atoms with Gasteiger partial charge in [0.1, 0.15) is 29.7 Å². The summed E-state index contributed by atoms with van der Waals surface area (Å²) in [5.41, 5.74) is -0.656. The van der Waals surface area contributed by atoms with Crippen molar-refractivity contribution < 1.29 is 39.8 Å². The fourth-order valence-electron chi connectivity index (χ4n) is 9.56. The molecule has 3 saturated carbocycles. The fourth-order valence-corrected chi connectivity index (χ4v) is 9.56. The Bertz CT molecular complexity index is 982. The van der Waals surface area contributed by atoms with Crippen LogP contribution in [0.1, 0.15) is 92.4 Å². The fraction of sp³-hybridized carbons (Fsp3) is 0.906. The molecule has 5 N–H and O–H groups in total. The van der Waals surface area contributed by atoms with Crippen molar-refractivity contribution in [1.29, 1.82) is 0 Å². The third kappa shape index (κ3) is 4.74. The van der Waals surface area contributed by atoms with Gasteiger partial charge in [0.25, 0.3) is 0 Å². The van der Waals surface area contributed by atoms with Crippen molar-refractivity contribution in [2.75, 3.05) is 6.61 Å². The van der Waals surface area contributed by atoms with Crippen LogP contribution in [0.4, 0.5) is 0 Å². The number of rotatable bonds is 7. The Labute approximate surface area is 239 Å². The van der Waals surface area contributed by atoms with Crippen LogP contribution < -0.4 is 0 Å². The highest BCUT2D eigenvalue weighted by Gasteiger charge is 2.70. The molecule has 40 heavy (non-hydrogen) atoms. The summed E-state index contributed by atoms with van der Waals surface area (Å²) < 4.78 is 12.0. The van der Waals surface area contributed by atoms with Crippen molar-refractivity contribution in [1.82, 2.24) is 0 Å². The summed E-state index contributed by atoms with van der Waals surface area (Å²) in [5, 5.41) is 54.2. The van der Waals surface area contributed by atoms with Gasteiger partial charge < -0.3 is 35.0 Å². The summed E-state index contributed by atoms with van der Waals surface area (Å²) in [6.07, 6.45) is 2.77.